The van der Waals surface area contributed by atoms with Crippen molar-refractivity contribution in [3.63, 3.8) is 0 Å². The van der Waals surface area contributed by atoms with Gasteiger partial charge >= 0.3 is 0 Å². The van der Waals surface area contributed by atoms with Crippen LogP contribution in [0.15, 0.2) is 22.1 Å². The van der Waals surface area contributed by atoms with Crippen molar-refractivity contribution in [2.45, 2.75) is 46.6 Å². The number of hydrogen-bond donors (Lipinski definition) is 3. The summed E-state index contributed by atoms with van der Waals surface area (Å²) in [6, 6.07) is 0.222. The first kappa shape index (κ1) is 17.6. The molecule has 21 heavy (non-hydrogen) atoms. The third-order valence-corrected chi connectivity index (χ3v) is 3.73. The second-order valence-electron chi connectivity index (χ2n) is 6.28. The molecule has 1 heterocycles. The summed E-state index contributed by atoms with van der Waals surface area (Å²) in [5.41, 5.74) is 2.94. The van der Waals surface area contributed by atoms with Crippen LogP contribution in [0.1, 0.15) is 40.5 Å². The number of allylic oxidation sites excluding steroid dienone is 2. The van der Waals surface area contributed by atoms with E-state index in [-0.39, 0.29) is 17.4 Å². The van der Waals surface area contributed by atoms with Crippen molar-refractivity contribution in [1.29, 1.82) is 0 Å². The molecule has 0 aliphatic carbocycles. The van der Waals surface area contributed by atoms with E-state index in [9.17, 15) is 4.79 Å². The first-order chi connectivity index (χ1) is 9.90. The minimum atomic E-state index is 0.0652. The van der Waals surface area contributed by atoms with Crippen LogP contribution in [-0.2, 0) is 4.79 Å². The van der Waals surface area contributed by atoms with Crippen LogP contribution in [0.4, 0.5) is 0 Å². The molecule has 1 atom stereocenters. The van der Waals surface area contributed by atoms with Gasteiger partial charge in [-0.2, -0.15) is 0 Å². The SMILES string of the molecule is C/C=C(CCC(=O)N1CCNCC1C(C)(C)C)\N=N/NN. The molecular weight excluding hydrogens is 268 g/mol. The average Bonchev–Trinajstić information content (AvgIpc) is 2.46. The first-order valence-corrected chi connectivity index (χ1v) is 7.42. The molecule has 1 amide bonds. The molecule has 0 aromatic heterocycles. The van der Waals surface area contributed by atoms with E-state index in [0.29, 0.717) is 12.8 Å². The predicted octanol–water partition coefficient (Wildman–Crippen LogP) is 1.35. The van der Waals surface area contributed by atoms with Gasteiger partial charge in [0, 0.05) is 32.1 Å². The van der Waals surface area contributed by atoms with E-state index in [1.807, 2.05) is 17.9 Å². The number of rotatable bonds is 5. The molecule has 1 aliphatic rings. The second-order valence-corrected chi connectivity index (χ2v) is 6.28. The van der Waals surface area contributed by atoms with E-state index < -0.39 is 0 Å². The molecule has 1 aliphatic heterocycles. The fourth-order valence-corrected chi connectivity index (χ4v) is 2.50. The van der Waals surface area contributed by atoms with Gasteiger partial charge in [0.2, 0.25) is 5.91 Å². The smallest absolute Gasteiger partial charge is 0.223 e. The quantitative estimate of drug-likeness (QED) is 0.405. The Bertz CT molecular complexity index is 399. The van der Waals surface area contributed by atoms with Crippen molar-refractivity contribution in [1.82, 2.24) is 15.8 Å². The zero-order chi connectivity index (χ0) is 15.9. The van der Waals surface area contributed by atoms with E-state index in [1.54, 1.807) is 0 Å². The van der Waals surface area contributed by atoms with E-state index in [4.69, 9.17) is 5.84 Å². The van der Waals surface area contributed by atoms with Crippen LogP contribution < -0.4 is 16.7 Å². The Kier molecular flexibility index (Phi) is 6.77. The molecular formula is C14H28N6O. The monoisotopic (exact) mass is 296 g/mol. The van der Waals surface area contributed by atoms with Crippen molar-refractivity contribution in [3.05, 3.63) is 11.8 Å². The summed E-state index contributed by atoms with van der Waals surface area (Å²) in [6.45, 7) is 10.8. The lowest BCUT2D eigenvalue weighted by Crippen LogP contribution is -2.58. The molecule has 1 fully saturated rings. The predicted molar refractivity (Wildman–Crippen MR) is 83.0 cm³/mol. The molecule has 1 unspecified atom stereocenters. The van der Waals surface area contributed by atoms with Crippen LogP contribution in [0.25, 0.3) is 0 Å². The van der Waals surface area contributed by atoms with Crippen molar-refractivity contribution in [2.24, 2.45) is 21.6 Å². The molecule has 7 nitrogen and oxygen atoms in total. The molecule has 0 bridgehead atoms. The highest BCUT2D eigenvalue weighted by molar-refractivity contribution is 5.77. The summed E-state index contributed by atoms with van der Waals surface area (Å²) >= 11 is 0. The zero-order valence-corrected chi connectivity index (χ0v) is 13.5. The van der Waals surface area contributed by atoms with Gasteiger partial charge in [-0.15, -0.1) is 5.11 Å². The fourth-order valence-electron chi connectivity index (χ4n) is 2.50. The summed E-state index contributed by atoms with van der Waals surface area (Å²) in [5.74, 6) is 5.22. The Morgan fingerprint density at radius 2 is 2.19 bits per heavy atom. The highest BCUT2D eigenvalue weighted by atomic mass is 16.2. The lowest BCUT2D eigenvalue weighted by Gasteiger charge is -2.43. The van der Waals surface area contributed by atoms with Crippen LogP contribution in [0.3, 0.4) is 0 Å². The number of nitrogens with zero attached hydrogens (tertiary/aromatic N) is 3. The number of amides is 1. The van der Waals surface area contributed by atoms with E-state index >= 15 is 0 Å². The van der Waals surface area contributed by atoms with Gasteiger partial charge in [0.15, 0.2) is 0 Å². The first-order valence-electron chi connectivity index (χ1n) is 7.42. The average molecular weight is 296 g/mol. The van der Waals surface area contributed by atoms with Gasteiger partial charge in [0.1, 0.15) is 0 Å². The second kappa shape index (κ2) is 8.09. The molecule has 7 heteroatoms. The largest absolute Gasteiger partial charge is 0.337 e. The third-order valence-electron chi connectivity index (χ3n) is 3.73. The van der Waals surface area contributed by atoms with Crippen molar-refractivity contribution in [2.75, 3.05) is 19.6 Å². The Morgan fingerprint density at radius 3 is 2.76 bits per heavy atom. The van der Waals surface area contributed by atoms with E-state index in [1.165, 1.54) is 0 Å². The number of hydrogen-bond acceptors (Lipinski definition) is 5. The normalized spacial score (nSPS) is 20.9. The van der Waals surface area contributed by atoms with Gasteiger partial charge in [-0.3, -0.25) is 4.79 Å². The van der Waals surface area contributed by atoms with Gasteiger partial charge in [0.05, 0.1) is 5.70 Å². The summed E-state index contributed by atoms with van der Waals surface area (Å²) in [4.78, 5) is 14.5. The summed E-state index contributed by atoms with van der Waals surface area (Å²) in [5, 5.41) is 10.8. The lowest BCUT2D eigenvalue weighted by molar-refractivity contribution is -0.137. The summed E-state index contributed by atoms with van der Waals surface area (Å²) < 4.78 is 0. The highest BCUT2D eigenvalue weighted by Crippen LogP contribution is 2.26. The number of piperazine rings is 1. The lowest BCUT2D eigenvalue weighted by atomic mass is 9.84. The van der Waals surface area contributed by atoms with Crippen LogP contribution in [0.2, 0.25) is 0 Å². The number of nitrogens with two attached hydrogens (primary N) is 1. The maximum absolute atomic E-state index is 12.5. The van der Waals surface area contributed by atoms with Gasteiger partial charge in [-0.05, 0) is 18.8 Å². The van der Waals surface area contributed by atoms with Gasteiger partial charge < -0.3 is 10.2 Å². The number of carbonyl (C=O) groups excluding carboxylic acids is 1. The summed E-state index contributed by atoms with van der Waals surface area (Å²) in [6.07, 6.45) is 2.85. The molecule has 0 aromatic carbocycles. The van der Waals surface area contributed by atoms with Crippen molar-refractivity contribution >= 4 is 5.91 Å². The molecule has 0 radical (unpaired) electrons. The van der Waals surface area contributed by atoms with Gasteiger partial charge in [-0.1, -0.05) is 32.1 Å². The maximum atomic E-state index is 12.5. The Morgan fingerprint density at radius 1 is 1.48 bits per heavy atom. The highest BCUT2D eigenvalue weighted by Gasteiger charge is 2.34. The van der Waals surface area contributed by atoms with E-state index in [2.05, 4.69) is 42.0 Å². The van der Waals surface area contributed by atoms with Crippen LogP contribution in [0.5, 0.6) is 0 Å². The minimum absolute atomic E-state index is 0.0652. The minimum Gasteiger partial charge on any atom is -0.337 e. The third kappa shape index (κ3) is 5.43. The molecule has 4 N–H and O–H groups in total. The van der Waals surface area contributed by atoms with E-state index in [0.717, 1.165) is 25.3 Å². The molecule has 1 rings (SSSR count). The fraction of sp³-hybridized carbons (Fsp3) is 0.786. The summed E-state index contributed by atoms with van der Waals surface area (Å²) in [7, 11) is 0. The molecule has 0 aromatic rings. The molecule has 0 spiro atoms. The molecule has 1 saturated heterocycles. The number of carbonyl (C=O) groups is 1. The zero-order valence-electron chi connectivity index (χ0n) is 13.5. The Labute approximate surface area is 127 Å². The molecule has 0 saturated carbocycles. The number of nitrogens with one attached hydrogen (secondary N) is 2. The van der Waals surface area contributed by atoms with Crippen LogP contribution in [0, 0.1) is 5.41 Å². The Hall–Kier alpha value is -1.47. The maximum Gasteiger partial charge on any atom is 0.223 e. The van der Waals surface area contributed by atoms with Crippen LogP contribution >= 0.6 is 0 Å². The number of hydrazine groups is 1. The topological polar surface area (TPSA) is 95.1 Å². The standard InChI is InChI=1S/C14H28N6O/c1-5-11(17-19-18-15)6-7-13(21)20-9-8-16-10-12(20)14(2,3)4/h5,12,16H,6-10H2,1-4H3,(H2,15,19)(H,17,18)/b11-5-. The molecule has 120 valence electrons. The van der Waals surface area contributed by atoms with Crippen molar-refractivity contribution < 1.29 is 4.79 Å². The van der Waals surface area contributed by atoms with Gasteiger partial charge in [0.25, 0.3) is 0 Å². The van der Waals surface area contributed by atoms with Gasteiger partial charge in [-0.25, -0.2) is 11.4 Å². The van der Waals surface area contributed by atoms with Crippen molar-refractivity contribution in [3.8, 4) is 0 Å². The van der Waals surface area contributed by atoms with Crippen LogP contribution in [-0.4, -0.2) is 36.5 Å². The Balaban J connectivity index is 2.62.